The third kappa shape index (κ3) is 3.99. The molecule has 28 heavy (non-hydrogen) atoms. The summed E-state index contributed by atoms with van der Waals surface area (Å²) in [6.07, 6.45) is 0.0817. The molecule has 0 N–H and O–H groups in total. The van der Waals surface area contributed by atoms with Crippen LogP contribution in [0.4, 0.5) is 0 Å². The first-order valence-electron chi connectivity index (χ1n) is 9.61. The number of hydrogen-bond donors (Lipinski definition) is 0. The predicted molar refractivity (Wildman–Crippen MR) is 109 cm³/mol. The Balaban J connectivity index is 1.58. The highest BCUT2D eigenvalue weighted by atomic mass is 16.5. The Bertz CT molecular complexity index is 964. The number of para-hydroxylation sites is 1. The molecule has 2 unspecified atom stereocenters. The topological polar surface area (TPSA) is 51.7 Å². The fourth-order valence-corrected chi connectivity index (χ4v) is 3.63. The summed E-state index contributed by atoms with van der Waals surface area (Å²) < 4.78 is 11.7. The molecule has 1 fully saturated rings. The first kappa shape index (κ1) is 18.4. The van der Waals surface area contributed by atoms with Gasteiger partial charge in [-0.3, -0.25) is 4.79 Å². The summed E-state index contributed by atoms with van der Waals surface area (Å²) in [5.41, 5.74) is 2.69. The third-order valence-corrected chi connectivity index (χ3v) is 4.87. The summed E-state index contributed by atoms with van der Waals surface area (Å²) in [6, 6.07) is 19.7. The van der Waals surface area contributed by atoms with Crippen LogP contribution in [-0.2, 0) is 9.53 Å². The van der Waals surface area contributed by atoms with E-state index in [1.807, 2.05) is 79.4 Å². The SMILES string of the molecule is CC1CN(C(=O)COc2cc(-c3ccccc3)nc3ccccc23)CC(C)O1. The highest BCUT2D eigenvalue weighted by Gasteiger charge is 2.26. The van der Waals surface area contributed by atoms with Crippen molar-refractivity contribution in [3.63, 3.8) is 0 Å². The van der Waals surface area contributed by atoms with Crippen LogP contribution >= 0.6 is 0 Å². The van der Waals surface area contributed by atoms with Crippen LogP contribution in [0.5, 0.6) is 5.75 Å². The number of morpholine rings is 1. The number of rotatable bonds is 4. The lowest BCUT2D eigenvalue weighted by Crippen LogP contribution is -2.49. The monoisotopic (exact) mass is 376 g/mol. The van der Waals surface area contributed by atoms with Gasteiger partial charge in [0.05, 0.1) is 23.4 Å². The minimum atomic E-state index is -0.0239. The third-order valence-electron chi connectivity index (χ3n) is 4.87. The van der Waals surface area contributed by atoms with Gasteiger partial charge in [-0.25, -0.2) is 4.98 Å². The summed E-state index contributed by atoms with van der Waals surface area (Å²) in [6.45, 7) is 5.16. The van der Waals surface area contributed by atoms with Gasteiger partial charge in [-0.1, -0.05) is 42.5 Å². The quantitative estimate of drug-likeness (QED) is 0.693. The fourth-order valence-electron chi connectivity index (χ4n) is 3.63. The van der Waals surface area contributed by atoms with Gasteiger partial charge in [0.25, 0.3) is 5.91 Å². The molecule has 0 spiro atoms. The van der Waals surface area contributed by atoms with Gasteiger partial charge < -0.3 is 14.4 Å². The normalized spacial score (nSPS) is 19.6. The molecule has 2 aromatic carbocycles. The molecular formula is C23H24N2O3. The number of benzene rings is 2. The smallest absolute Gasteiger partial charge is 0.260 e. The Morgan fingerprint density at radius 1 is 1.07 bits per heavy atom. The van der Waals surface area contributed by atoms with Crippen molar-refractivity contribution in [1.82, 2.24) is 9.88 Å². The minimum Gasteiger partial charge on any atom is -0.483 e. The maximum absolute atomic E-state index is 12.7. The zero-order chi connectivity index (χ0) is 19.5. The molecule has 144 valence electrons. The molecule has 0 bridgehead atoms. The predicted octanol–water partition coefficient (Wildman–Crippen LogP) is 3.92. The Kier molecular flexibility index (Phi) is 5.26. The Morgan fingerprint density at radius 3 is 2.50 bits per heavy atom. The summed E-state index contributed by atoms with van der Waals surface area (Å²) in [5.74, 6) is 0.649. The maximum atomic E-state index is 12.7. The standard InChI is InChI=1S/C23H24N2O3/c1-16-13-25(14-17(2)28-16)23(26)15-27-22-12-21(18-8-4-3-5-9-18)24-20-11-7-6-10-19(20)22/h3-12,16-17H,13-15H2,1-2H3. The van der Waals surface area contributed by atoms with Crippen LogP contribution in [0.3, 0.4) is 0 Å². The number of fused-ring (bicyclic) bond motifs is 1. The number of pyridine rings is 1. The highest BCUT2D eigenvalue weighted by molar-refractivity contribution is 5.88. The molecule has 1 amide bonds. The molecule has 1 aliphatic heterocycles. The van der Waals surface area contributed by atoms with Gasteiger partial charge in [0, 0.05) is 30.1 Å². The first-order valence-corrected chi connectivity index (χ1v) is 9.61. The Morgan fingerprint density at radius 2 is 1.75 bits per heavy atom. The average Bonchev–Trinajstić information content (AvgIpc) is 2.71. The van der Waals surface area contributed by atoms with Crippen LogP contribution in [0.25, 0.3) is 22.2 Å². The zero-order valence-corrected chi connectivity index (χ0v) is 16.2. The number of amides is 1. The molecule has 0 radical (unpaired) electrons. The molecule has 0 saturated carbocycles. The van der Waals surface area contributed by atoms with E-state index in [-0.39, 0.29) is 24.7 Å². The van der Waals surface area contributed by atoms with Crippen LogP contribution < -0.4 is 4.74 Å². The number of carbonyl (C=O) groups excluding carboxylic acids is 1. The Hall–Kier alpha value is -2.92. The van der Waals surface area contributed by atoms with E-state index in [4.69, 9.17) is 14.5 Å². The summed E-state index contributed by atoms with van der Waals surface area (Å²) in [7, 11) is 0. The summed E-state index contributed by atoms with van der Waals surface area (Å²) in [4.78, 5) is 19.3. The molecule has 4 rings (SSSR count). The van der Waals surface area contributed by atoms with Gasteiger partial charge in [-0.2, -0.15) is 0 Å². The van der Waals surface area contributed by atoms with Crippen LogP contribution in [0, 0.1) is 0 Å². The van der Waals surface area contributed by atoms with Crippen LogP contribution in [0.1, 0.15) is 13.8 Å². The number of aromatic nitrogens is 1. The fraction of sp³-hybridized carbons (Fsp3) is 0.304. The van der Waals surface area contributed by atoms with Crippen molar-refractivity contribution in [2.75, 3.05) is 19.7 Å². The Labute approximate surface area is 164 Å². The lowest BCUT2D eigenvalue weighted by atomic mass is 10.1. The molecule has 0 aliphatic carbocycles. The lowest BCUT2D eigenvalue weighted by Gasteiger charge is -2.35. The second kappa shape index (κ2) is 7.98. The van der Waals surface area contributed by atoms with Crippen molar-refractivity contribution in [3.05, 3.63) is 60.7 Å². The maximum Gasteiger partial charge on any atom is 0.260 e. The van der Waals surface area contributed by atoms with Crippen LogP contribution in [0.2, 0.25) is 0 Å². The van der Waals surface area contributed by atoms with Crippen LogP contribution in [0.15, 0.2) is 60.7 Å². The van der Waals surface area contributed by atoms with E-state index in [0.29, 0.717) is 18.8 Å². The van der Waals surface area contributed by atoms with Crippen LogP contribution in [-0.4, -0.2) is 47.7 Å². The van der Waals surface area contributed by atoms with E-state index in [1.54, 1.807) is 0 Å². The number of hydrogen-bond acceptors (Lipinski definition) is 4. The van der Waals surface area contributed by atoms with E-state index in [1.165, 1.54) is 0 Å². The van der Waals surface area contributed by atoms with E-state index in [2.05, 4.69) is 0 Å². The number of nitrogens with zero attached hydrogens (tertiary/aromatic N) is 2. The molecule has 5 heteroatoms. The van der Waals surface area contributed by atoms with Gasteiger partial charge in [-0.15, -0.1) is 0 Å². The van der Waals surface area contributed by atoms with Crippen molar-refractivity contribution < 1.29 is 14.3 Å². The van der Waals surface area contributed by atoms with E-state index < -0.39 is 0 Å². The van der Waals surface area contributed by atoms with E-state index in [9.17, 15) is 4.79 Å². The summed E-state index contributed by atoms with van der Waals surface area (Å²) >= 11 is 0. The van der Waals surface area contributed by atoms with Crippen molar-refractivity contribution in [2.24, 2.45) is 0 Å². The van der Waals surface area contributed by atoms with E-state index >= 15 is 0 Å². The number of ether oxygens (including phenoxy) is 2. The molecular weight excluding hydrogens is 352 g/mol. The molecule has 1 aliphatic rings. The minimum absolute atomic E-state index is 0.00166. The first-order chi connectivity index (χ1) is 13.6. The van der Waals surface area contributed by atoms with E-state index in [0.717, 1.165) is 22.2 Å². The molecule has 1 aromatic heterocycles. The van der Waals surface area contributed by atoms with Crippen molar-refractivity contribution in [3.8, 4) is 17.0 Å². The van der Waals surface area contributed by atoms with Gasteiger partial charge in [0.1, 0.15) is 5.75 Å². The molecule has 5 nitrogen and oxygen atoms in total. The van der Waals surface area contributed by atoms with Gasteiger partial charge >= 0.3 is 0 Å². The highest BCUT2D eigenvalue weighted by Crippen LogP contribution is 2.30. The second-order valence-corrected chi connectivity index (χ2v) is 7.23. The molecule has 1 saturated heterocycles. The lowest BCUT2D eigenvalue weighted by molar-refractivity contribution is -0.145. The van der Waals surface area contributed by atoms with Crippen molar-refractivity contribution in [2.45, 2.75) is 26.1 Å². The average molecular weight is 376 g/mol. The molecule has 2 heterocycles. The largest absolute Gasteiger partial charge is 0.483 e. The summed E-state index contributed by atoms with van der Waals surface area (Å²) in [5, 5.41) is 0.902. The molecule has 2 atom stereocenters. The van der Waals surface area contributed by atoms with Crippen molar-refractivity contribution in [1.29, 1.82) is 0 Å². The zero-order valence-electron chi connectivity index (χ0n) is 16.2. The van der Waals surface area contributed by atoms with Crippen molar-refractivity contribution >= 4 is 16.8 Å². The van der Waals surface area contributed by atoms with Gasteiger partial charge in [0.15, 0.2) is 6.61 Å². The molecule has 3 aromatic rings. The van der Waals surface area contributed by atoms with Gasteiger partial charge in [0.2, 0.25) is 0 Å². The van der Waals surface area contributed by atoms with Gasteiger partial charge in [-0.05, 0) is 26.0 Å². The second-order valence-electron chi connectivity index (χ2n) is 7.23. The number of carbonyl (C=O) groups is 1.